The molecule has 4 rings (SSSR count). The molecule has 0 spiro atoms. The summed E-state index contributed by atoms with van der Waals surface area (Å²) >= 11 is 3.53. The zero-order valence-corrected chi connectivity index (χ0v) is 17.4. The van der Waals surface area contributed by atoms with Crippen molar-refractivity contribution in [1.82, 2.24) is 0 Å². The van der Waals surface area contributed by atoms with E-state index in [1.54, 1.807) is 18.2 Å². The van der Waals surface area contributed by atoms with Crippen molar-refractivity contribution in [2.45, 2.75) is 19.4 Å². The Morgan fingerprint density at radius 1 is 1.10 bits per heavy atom. The van der Waals surface area contributed by atoms with Gasteiger partial charge in [-0.2, -0.15) is 5.26 Å². The highest BCUT2D eigenvalue weighted by molar-refractivity contribution is 9.10. The smallest absolute Gasteiger partial charge is 0.170 e. The van der Waals surface area contributed by atoms with Crippen LogP contribution < -0.4 is 9.47 Å². The fourth-order valence-corrected chi connectivity index (χ4v) is 3.86. The number of benzene rings is 3. The highest BCUT2D eigenvalue weighted by Crippen LogP contribution is 2.38. The summed E-state index contributed by atoms with van der Waals surface area (Å²) in [6.07, 6.45) is 0.0229. The molecule has 3 aromatic rings. The molecule has 3 aromatic carbocycles. The van der Waals surface area contributed by atoms with Crippen LogP contribution >= 0.6 is 15.9 Å². The van der Waals surface area contributed by atoms with Crippen molar-refractivity contribution >= 4 is 21.7 Å². The fraction of sp³-hybridized carbons (Fsp3) is 0.167. The summed E-state index contributed by atoms with van der Waals surface area (Å²) in [4.78, 5) is 12.2. The van der Waals surface area contributed by atoms with Crippen LogP contribution in [0, 0.1) is 18.3 Å². The van der Waals surface area contributed by atoms with E-state index in [2.05, 4.69) is 22.0 Å². The van der Waals surface area contributed by atoms with Gasteiger partial charge in [0, 0.05) is 16.5 Å². The van der Waals surface area contributed by atoms with Crippen LogP contribution in [0.1, 0.15) is 45.1 Å². The summed E-state index contributed by atoms with van der Waals surface area (Å²) in [6, 6.07) is 21.0. The number of rotatable bonds is 4. The van der Waals surface area contributed by atoms with Crippen LogP contribution in [0.25, 0.3) is 0 Å². The molecule has 0 amide bonds. The molecule has 0 aromatic heterocycles. The molecule has 1 aliphatic heterocycles. The average molecular weight is 448 g/mol. The minimum absolute atomic E-state index is 0.0940. The van der Waals surface area contributed by atoms with Gasteiger partial charge in [0.05, 0.1) is 23.8 Å². The Morgan fingerprint density at radius 2 is 1.90 bits per heavy atom. The second-order valence-corrected chi connectivity index (χ2v) is 7.79. The SMILES string of the molecule is Cc1c(O[C@H](c2ccc(C#N)cc2)c2cccc(Br)c2)ccc2c1OCCC2=O. The highest BCUT2D eigenvalue weighted by Gasteiger charge is 2.24. The molecule has 1 heterocycles. The van der Waals surface area contributed by atoms with E-state index >= 15 is 0 Å². The molecule has 29 heavy (non-hydrogen) atoms. The Morgan fingerprint density at radius 3 is 2.62 bits per heavy atom. The minimum Gasteiger partial charge on any atom is -0.492 e. The largest absolute Gasteiger partial charge is 0.492 e. The van der Waals surface area contributed by atoms with Crippen molar-refractivity contribution in [1.29, 1.82) is 5.26 Å². The van der Waals surface area contributed by atoms with E-state index in [0.717, 1.165) is 21.2 Å². The number of hydrogen-bond donors (Lipinski definition) is 0. The van der Waals surface area contributed by atoms with Crippen LogP contribution in [-0.2, 0) is 0 Å². The van der Waals surface area contributed by atoms with Crippen LogP contribution in [-0.4, -0.2) is 12.4 Å². The first-order valence-corrected chi connectivity index (χ1v) is 10.1. The van der Waals surface area contributed by atoms with Gasteiger partial charge in [0.15, 0.2) is 5.78 Å². The first kappa shape index (κ1) is 19.2. The number of fused-ring (bicyclic) bond motifs is 1. The Bertz CT molecular complexity index is 1120. The van der Waals surface area contributed by atoms with Crippen LogP contribution in [0.5, 0.6) is 11.5 Å². The maximum Gasteiger partial charge on any atom is 0.170 e. The molecule has 0 saturated heterocycles. The van der Waals surface area contributed by atoms with Gasteiger partial charge in [-0.3, -0.25) is 4.79 Å². The molecular weight excluding hydrogens is 430 g/mol. The quantitative estimate of drug-likeness (QED) is 0.509. The highest BCUT2D eigenvalue weighted by atomic mass is 79.9. The average Bonchev–Trinajstić information content (AvgIpc) is 2.74. The monoisotopic (exact) mass is 447 g/mol. The van der Waals surface area contributed by atoms with E-state index < -0.39 is 0 Å². The van der Waals surface area contributed by atoms with Gasteiger partial charge in [0.1, 0.15) is 17.6 Å². The number of nitriles is 1. The lowest BCUT2D eigenvalue weighted by atomic mass is 9.99. The Hall–Kier alpha value is -3.10. The lowest BCUT2D eigenvalue weighted by Gasteiger charge is -2.24. The molecule has 5 heteroatoms. The molecule has 0 radical (unpaired) electrons. The van der Waals surface area contributed by atoms with Gasteiger partial charge in [-0.25, -0.2) is 0 Å². The van der Waals surface area contributed by atoms with E-state index in [9.17, 15) is 4.79 Å². The number of Topliss-reactive ketones (excluding diaryl/α,β-unsaturated/α-hetero) is 1. The first-order valence-electron chi connectivity index (χ1n) is 9.28. The summed E-state index contributed by atoms with van der Waals surface area (Å²) in [7, 11) is 0. The molecule has 1 atom stereocenters. The number of ether oxygens (including phenoxy) is 2. The third kappa shape index (κ3) is 3.90. The van der Waals surface area contributed by atoms with Gasteiger partial charge in [0.2, 0.25) is 0 Å². The zero-order chi connectivity index (χ0) is 20.4. The third-order valence-electron chi connectivity index (χ3n) is 4.97. The molecule has 0 N–H and O–H groups in total. The van der Waals surface area contributed by atoms with Crippen molar-refractivity contribution in [2.75, 3.05) is 6.61 Å². The number of carbonyl (C=O) groups is 1. The molecule has 144 valence electrons. The molecule has 1 aliphatic rings. The van der Waals surface area contributed by atoms with E-state index in [1.807, 2.05) is 49.4 Å². The van der Waals surface area contributed by atoms with Gasteiger partial charge >= 0.3 is 0 Å². The maximum atomic E-state index is 12.2. The topological polar surface area (TPSA) is 59.3 Å². The van der Waals surface area contributed by atoms with E-state index in [4.69, 9.17) is 14.7 Å². The standard InChI is InChI=1S/C24H18BrNO3/c1-15-22(10-9-20-21(27)11-12-28-23(15)20)29-24(18-3-2-4-19(25)13-18)17-7-5-16(14-26)6-8-17/h2-10,13,24H,11-12H2,1H3/t24-/m1/s1. The number of carbonyl (C=O) groups excluding carboxylic acids is 1. The summed E-state index contributed by atoms with van der Waals surface area (Å²) in [5, 5.41) is 9.10. The molecule has 4 nitrogen and oxygen atoms in total. The normalized spacial score (nSPS) is 13.8. The molecule has 0 aliphatic carbocycles. The number of nitrogens with zero attached hydrogens (tertiary/aromatic N) is 1. The second-order valence-electron chi connectivity index (χ2n) is 6.87. The predicted molar refractivity (Wildman–Crippen MR) is 113 cm³/mol. The van der Waals surface area contributed by atoms with Crippen LogP contribution in [0.4, 0.5) is 0 Å². The van der Waals surface area contributed by atoms with Crippen molar-refractivity contribution < 1.29 is 14.3 Å². The molecule has 0 saturated carbocycles. The summed E-state index contributed by atoms with van der Waals surface area (Å²) < 4.78 is 13.2. The van der Waals surface area contributed by atoms with Crippen molar-refractivity contribution in [3.63, 3.8) is 0 Å². The Balaban J connectivity index is 1.76. The van der Waals surface area contributed by atoms with E-state index in [1.165, 1.54) is 0 Å². The zero-order valence-electron chi connectivity index (χ0n) is 15.8. The summed E-state index contributed by atoms with van der Waals surface area (Å²) in [5.41, 5.74) is 3.91. The third-order valence-corrected chi connectivity index (χ3v) is 5.46. The van der Waals surface area contributed by atoms with Crippen molar-refractivity contribution in [3.05, 3.63) is 93.0 Å². The van der Waals surface area contributed by atoms with Crippen LogP contribution in [0.2, 0.25) is 0 Å². The van der Waals surface area contributed by atoms with Crippen LogP contribution in [0.15, 0.2) is 65.1 Å². The van der Waals surface area contributed by atoms with Gasteiger partial charge in [-0.1, -0.05) is 40.2 Å². The molecule has 0 unspecified atom stereocenters. The minimum atomic E-state index is -0.378. The molecular formula is C24H18BrNO3. The Kier molecular flexibility index (Phi) is 5.37. The lowest BCUT2D eigenvalue weighted by molar-refractivity contribution is 0.0932. The Labute approximate surface area is 177 Å². The van der Waals surface area contributed by atoms with Gasteiger partial charge < -0.3 is 9.47 Å². The summed E-state index contributed by atoms with van der Waals surface area (Å²) in [6.45, 7) is 2.30. The van der Waals surface area contributed by atoms with Crippen molar-refractivity contribution in [3.8, 4) is 17.6 Å². The van der Waals surface area contributed by atoms with Gasteiger partial charge in [-0.05, 0) is 54.4 Å². The summed E-state index contributed by atoms with van der Waals surface area (Å²) in [5.74, 6) is 1.36. The van der Waals surface area contributed by atoms with Crippen molar-refractivity contribution in [2.24, 2.45) is 0 Å². The fourth-order valence-electron chi connectivity index (χ4n) is 3.44. The predicted octanol–water partition coefficient (Wildman–Crippen LogP) is 5.76. The molecule has 0 bridgehead atoms. The van der Waals surface area contributed by atoms with E-state index in [-0.39, 0.29) is 11.9 Å². The number of halogens is 1. The van der Waals surface area contributed by atoms with Gasteiger partial charge in [0.25, 0.3) is 0 Å². The lowest BCUT2D eigenvalue weighted by Crippen LogP contribution is -2.17. The number of ketones is 1. The maximum absolute atomic E-state index is 12.2. The second kappa shape index (κ2) is 8.10. The first-order chi connectivity index (χ1) is 14.1. The van der Waals surface area contributed by atoms with E-state index in [0.29, 0.717) is 35.7 Å². The van der Waals surface area contributed by atoms with Crippen LogP contribution in [0.3, 0.4) is 0 Å². The number of hydrogen-bond acceptors (Lipinski definition) is 4. The molecule has 0 fully saturated rings. The van der Waals surface area contributed by atoms with Gasteiger partial charge in [-0.15, -0.1) is 0 Å².